The first-order valence-electron chi connectivity index (χ1n) is 11.5. The van der Waals surface area contributed by atoms with E-state index in [4.69, 9.17) is 14.5 Å². The second-order valence-corrected chi connectivity index (χ2v) is 8.45. The van der Waals surface area contributed by atoms with Crippen molar-refractivity contribution in [1.29, 1.82) is 0 Å². The van der Waals surface area contributed by atoms with Crippen LogP contribution in [-0.2, 0) is 4.74 Å². The highest BCUT2D eigenvalue weighted by molar-refractivity contribution is 6.49. The third-order valence-corrected chi connectivity index (χ3v) is 6.11. The molecule has 2 aliphatic rings. The lowest BCUT2D eigenvalue weighted by molar-refractivity contribution is 0.0533. The Morgan fingerprint density at radius 1 is 1.20 bits per heavy atom. The van der Waals surface area contributed by atoms with Crippen LogP contribution in [0.25, 0.3) is 0 Å². The summed E-state index contributed by atoms with van der Waals surface area (Å²) < 4.78 is 10.7. The van der Waals surface area contributed by atoms with Gasteiger partial charge in [0, 0.05) is 37.1 Å². The minimum atomic E-state index is -0.180. The van der Waals surface area contributed by atoms with E-state index in [0.29, 0.717) is 36.1 Å². The van der Waals surface area contributed by atoms with E-state index in [1.807, 2.05) is 68.3 Å². The fraction of sp³-hybridized carbons (Fsp3) is 0.296. The Morgan fingerprint density at radius 3 is 2.57 bits per heavy atom. The van der Waals surface area contributed by atoms with Crippen molar-refractivity contribution in [3.63, 3.8) is 0 Å². The van der Waals surface area contributed by atoms with E-state index in [1.54, 1.807) is 13.2 Å². The Morgan fingerprint density at radius 2 is 1.91 bits per heavy atom. The first kappa shape index (κ1) is 24.2. The maximum Gasteiger partial charge on any atom is 0.228 e. The van der Waals surface area contributed by atoms with Crippen molar-refractivity contribution in [3.05, 3.63) is 83.5 Å². The molecule has 1 saturated heterocycles. The SMILES string of the molecule is C=C(/N=C1/N=C(C(=O)c2cccc(C)c2)N/C1=C(/C)N1CCOCC1)N(C)c1ccc(OC)cc1. The summed E-state index contributed by atoms with van der Waals surface area (Å²) >= 11 is 0. The minimum absolute atomic E-state index is 0.180. The highest BCUT2D eigenvalue weighted by atomic mass is 16.5. The number of aryl methyl sites for hydroxylation is 1. The van der Waals surface area contributed by atoms with E-state index in [2.05, 4.69) is 21.8 Å². The zero-order chi connectivity index (χ0) is 24.9. The third kappa shape index (κ3) is 5.44. The summed E-state index contributed by atoms with van der Waals surface area (Å²) in [6, 6.07) is 15.1. The number of aliphatic imine (C=N–C) groups is 2. The van der Waals surface area contributed by atoms with Gasteiger partial charge >= 0.3 is 0 Å². The molecular weight excluding hydrogens is 442 g/mol. The maximum atomic E-state index is 13.2. The van der Waals surface area contributed by atoms with E-state index in [-0.39, 0.29) is 11.6 Å². The number of rotatable bonds is 7. The number of methoxy groups -OCH3 is 1. The summed E-state index contributed by atoms with van der Waals surface area (Å²) in [7, 11) is 3.52. The molecule has 4 rings (SSSR count). The van der Waals surface area contributed by atoms with Crippen LogP contribution in [0.5, 0.6) is 5.75 Å². The molecule has 1 N–H and O–H groups in total. The zero-order valence-corrected chi connectivity index (χ0v) is 20.7. The molecule has 2 aromatic rings. The molecule has 35 heavy (non-hydrogen) atoms. The fourth-order valence-corrected chi connectivity index (χ4v) is 3.94. The number of hydrogen-bond donors (Lipinski definition) is 1. The predicted molar refractivity (Wildman–Crippen MR) is 139 cm³/mol. The number of Topliss-reactive ketones (excluding diaryl/α,β-unsaturated/α-hetero) is 1. The molecule has 0 unspecified atom stereocenters. The van der Waals surface area contributed by atoms with Gasteiger partial charge in [-0.05, 0) is 44.2 Å². The standard InChI is InChI=1S/C27H31N5O3/c1-18-7-6-8-21(17-18)25(33)27-29-24(19(2)32-13-15-35-16-14-32)26(30-27)28-20(3)31(4)22-9-11-23(34-5)12-10-22/h6-12,17H,3,13-16H2,1-2,4-5H3,(H,28,29,30)/b24-19-. The Balaban J connectivity index is 1.67. The number of benzene rings is 2. The van der Waals surface area contributed by atoms with Gasteiger partial charge in [-0.2, -0.15) is 0 Å². The molecular formula is C27H31N5O3. The second kappa shape index (κ2) is 10.6. The lowest BCUT2D eigenvalue weighted by atomic mass is 10.1. The summed E-state index contributed by atoms with van der Waals surface area (Å²) in [6.07, 6.45) is 0. The summed E-state index contributed by atoms with van der Waals surface area (Å²) in [4.78, 5) is 26.7. The molecule has 2 aliphatic heterocycles. The van der Waals surface area contributed by atoms with Gasteiger partial charge in [-0.25, -0.2) is 9.98 Å². The number of nitrogens with zero attached hydrogens (tertiary/aromatic N) is 4. The Kier molecular flexibility index (Phi) is 7.31. The van der Waals surface area contributed by atoms with E-state index >= 15 is 0 Å². The topological polar surface area (TPSA) is 78.8 Å². The largest absolute Gasteiger partial charge is 0.497 e. The molecule has 0 atom stereocenters. The number of hydrogen-bond acceptors (Lipinski definition) is 7. The van der Waals surface area contributed by atoms with Crippen LogP contribution < -0.4 is 15.0 Å². The highest BCUT2D eigenvalue weighted by Gasteiger charge is 2.28. The van der Waals surface area contributed by atoms with Crippen LogP contribution in [0.15, 0.2) is 82.3 Å². The van der Waals surface area contributed by atoms with Crippen LogP contribution in [0, 0.1) is 6.92 Å². The number of nitrogens with one attached hydrogen (secondary N) is 1. The summed E-state index contributed by atoms with van der Waals surface area (Å²) in [6.45, 7) is 10.9. The molecule has 0 saturated carbocycles. The van der Waals surface area contributed by atoms with Crippen LogP contribution in [-0.4, -0.2) is 62.8 Å². The van der Waals surface area contributed by atoms with Crippen molar-refractivity contribution in [2.75, 3.05) is 45.4 Å². The number of ketones is 1. The van der Waals surface area contributed by atoms with Crippen LogP contribution in [0.2, 0.25) is 0 Å². The molecule has 0 aliphatic carbocycles. The molecule has 0 spiro atoms. The molecule has 0 bridgehead atoms. The van der Waals surface area contributed by atoms with Crippen molar-refractivity contribution in [3.8, 4) is 5.75 Å². The molecule has 0 amide bonds. The van der Waals surface area contributed by atoms with Gasteiger partial charge in [-0.15, -0.1) is 0 Å². The maximum absolute atomic E-state index is 13.2. The number of anilines is 1. The van der Waals surface area contributed by atoms with Crippen LogP contribution >= 0.6 is 0 Å². The average Bonchev–Trinajstić information content (AvgIpc) is 3.31. The van der Waals surface area contributed by atoms with E-state index in [1.165, 1.54) is 0 Å². The highest BCUT2D eigenvalue weighted by Crippen LogP contribution is 2.23. The average molecular weight is 474 g/mol. The molecule has 8 nitrogen and oxygen atoms in total. The van der Waals surface area contributed by atoms with Gasteiger partial charge in [0.2, 0.25) is 5.78 Å². The van der Waals surface area contributed by atoms with Crippen LogP contribution in [0.3, 0.4) is 0 Å². The van der Waals surface area contributed by atoms with Crippen molar-refractivity contribution >= 4 is 23.1 Å². The molecule has 0 radical (unpaired) electrons. The molecule has 8 heteroatoms. The summed E-state index contributed by atoms with van der Waals surface area (Å²) in [5, 5.41) is 3.25. The van der Waals surface area contributed by atoms with Gasteiger partial charge < -0.3 is 24.6 Å². The summed E-state index contributed by atoms with van der Waals surface area (Å²) in [5.41, 5.74) is 4.16. The van der Waals surface area contributed by atoms with Crippen molar-refractivity contribution in [2.45, 2.75) is 13.8 Å². The fourth-order valence-electron chi connectivity index (χ4n) is 3.94. The quantitative estimate of drug-likeness (QED) is 0.617. The van der Waals surface area contributed by atoms with E-state index in [0.717, 1.165) is 35.8 Å². The number of ether oxygens (including phenoxy) is 2. The summed E-state index contributed by atoms with van der Waals surface area (Å²) in [5.74, 6) is 1.76. The third-order valence-electron chi connectivity index (χ3n) is 6.11. The minimum Gasteiger partial charge on any atom is -0.497 e. The Bertz CT molecular complexity index is 1210. The number of carbonyl (C=O) groups is 1. The van der Waals surface area contributed by atoms with E-state index in [9.17, 15) is 4.79 Å². The van der Waals surface area contributed by atoms with Crippen LogP contribution in [0.1, 0.15) is 22.8 Å². The molecule has 182 valence electrons. The van der Waals surface area contributed by atoms with Crippen LogP contribution in [0.4, 0.5) is 5.69 Å². The second-order valence-electron chi connectivity index (χ2n) is 8.45. The molecule has 0 aromatic heterocycles. The first-order chi connectivity index (χ1) is 16.9. The Labute approximate surface area is 206 Å². The van der Waals surface area contributed by atoms with Crippen molar-refractivity contribution in [1.82, 2.24) is 10.2 Å². The molecule has 2 aromatic carbocycles. The van der Waals surface area contributed by atoms with Gasteiger partial charge in [-0.1, -0.05) is 30.3 Å². The zero-order valence-electron chi connectivity index (χ0n) is 20.7. The van der Waals surface area contributed by atoms with Crippen molar-refractivity contribution in [2.24, 2.45) is 9.98 Å². The van der Waals surface area contributed by atoms with Gasteiger partial charge in [0.05, 0.1) is 20.3 Å². The first-order valence-corrected chi connectivity index (χ1v) is 11.5. The molecule has 1 fully saturated rings. The van der Waals surface area contributed by atoms with Crippen molar-refractivity contribution < 1.29 is 14.3 Å². The lowest BCUT2D eigenvalue weighted by Crippen LogP contribution is -2.37. The van der Waals surface area contributed by atoms with E-state index < -0.39 is 0 Å². The number of allylic oxidation sites excluding steroid dienone is 1. The van der Waals surface area contributed by atoms with Gasteiger partial charge in [0.1, 0.15) is 17.3 Å². The number of carbonyl (C=O) groups excluding carboxylic acids is 1. The Hall–Kier alpha value is -3.91. The van der Waals surface area contributed by atoms with Gasteiger partial charge in [-0.3, -0.25) is 4.79 Å². The normalized spacial score (nSPS) is 18.1. The number of amidine groups is 2. The molecule has 2 heterocycles. The van der Waals surface area contributed by atoms with Gasteiger partial charge in [0.25, 0.3) is 0 Å². The predicted octanol–water partition coefficient (Wildman–Crippen LogP) is 3.76. The smallest absolute Gasteiger partial charge is 0.228 e. The van der Waals surface area contributed by atoms with Gasteiger partial charge in [0.15, 0.2) is 11.7 Å². The number of morpholine rings is 1. The monoisotopic (exact) mass is 473 g/mol. The lowest BCUT2D eigenvalue weighted by Gasteiger charge is -2.30.